The second kappa shape index (κ2) is 6.34. The zero-order valence-corrected chi connectivity index (χ0v) is 16.7. The van der Waals surface area contributed by atoms with Gasteiger partial charge in [0.1, 0.15) is 11.2 Å². The maximum absolute atomic E-state index is 15.2. The maximum atomic E-state index is 15.2. The van der Waals surface area contributed by atoms with E-state index in [1.54, 1.807) is 0 Å². The first-order chi connectivity index (χ1) is 13.2. The zero-order valence-electron chi connectivity index (χ0n) is 16.7. The lowest BCUT2D eigenvalue weighted by molar-refractivity contribution is 0.256. The van der Waals surface area contributed by atoms with Gasteiger partial charge >= 0.3 is 5.69 Å². The number of pyridine rings is 1. The molecule has 1 saturated carbocycles. The predicted octanol–water partition coefficient (Wildman–Crippen LogP) is 1.82. The van der Waals surface area contributed by atoms with Gasteiger partial charge < -0.3 is 15.4 Å². The second-order valence-electron chi connectivity index (χ2n) is 8.86. The number of aromatic nitrogens is 2. The number of halogens is 1. The van der Waals surface area contributed by atoms with Crippen LogP contribution < -0.4 is 26.6 Å². The van der Waals surface area contributed by atoms with Crippen molar-refractivity contribution < 1.29 is 9.13 Å². The summed E-state index contributed by atoms with van der Waals surface area (Å²) in [5.41, 5.74) is 6.16. The molecule has 3 N–H and O–H groups in total. The Hall–Kier alpha value is -2.35. The third-order valence-electron chi connectivity index (χ3n) is 6.24. The van der Waals surface area contributed by atoms with Gasteiger partial charge in [0.15, 0.2) is 11.6 Å². The van der Waals surface area contributed by atoms with Gasteiger partial charge in [0, 0.05) is 24.7 Å². The van der Waals surface area contributed by atoms with Gasteiger partial charge in [-0.2, -0.15) is 0 Å². The summed E-state index contributed by atoms with van der Waals surface area (Å²) in [5.74, 6) is -0.0666. The molecule has 7 nitrogen and oxygen atoms in total. The van der Waals surface area contributed by atoms with Crippen molar-refractivity contribution in [1.29, 1.82) is 0 Å². The van der Waals surface area contributed by atoms with Crippen LogP contribution in [0.3, 0.4) is 0 Å². The summed E-state index contributed by atoms with van der Waals surface area (Å²) in [6.07, 6.45) is 2.90. The molecule has 152 valence electrons. The molecule has 1 aliphatic carbocycles. The number of nitrogens with one attached hydrogen (secondary N) is 1. The molecule has 0 bridgehead atoms. The lowest BCUT2D eigenvalue weighted by Crippen LogP contribution is -2.36. The molecule has 1 saturated heterocycles. The lowest BCUT2D eigenvalue weighted by atomic mass is 9.78. The summed E-state index contributed by atoms with van der Waals surface area (Å²) >= 11 is 0. The van der Waals surface area contributed by atoms with Crippen molar-refractivity contribution in [2.45, 2.75) is 45.6 Å². The van der Waals surface area contributed by atoms with Gasteiger partial charge in [0.2, 0.25) is 0 Å². The maximum Gasteiger partial charge on any atom is 0.333 e. The van der Waals surface area contributed by atoms with Crippen molar-refractivity contribution in [3.63, 3.8) is 0 Å². The number of H-pyrrole nitrogens is 1. The molecular weight excluding hydrogens is 363 g/mol. The highest BCUT2D eigenvalue weighted by molar-refractivity contribution is 5.78. The largest absolute Gasteiger partial charge is 0.492 e. The smallest absolute Gasteiger partial charge is 0.333 e. The molecule has 0 spiro atoms. The molecule has 2 aromatic heterocycles. The molecule has 0 aromatic carbocycles. The Balaban J connectivity index is 1.98. The van der Waals surface area contributed by atoms with Gasteiger partial charge in [-0.15, -0.1) is 0 Å². The Bertz CT molecular complexity index is 1050. The average Bonchev–Trinajstić information content (AvgIpc) is 3.37. The van der Waals surface area contributed by atoms with Crippen LogP contribution in [-0.4, -0.2) is 35.6 Å². The molecule has 2 aliphatic rings. The average molecular weight is 390 g/mol. The Morgan fingerprint density at radius 1 is 1.36 bits per heavy atom. The molecule has 4 rings (SSSR count). The Morgan fingerprint density at radius 3 is 2.57 bits per heavy atom. The molecule has 3 heterocycles. The minimum absolute atomic E-state index is 0.0398. The molecule has 2 unspecified atom stereocenters. The van der Waals surface area contributed by atoms with Crippen LogP contribution in [0.1, 0.15) is 45.1 Å². The number of nitrogens with two attached hydrogens (primary N) is 1. The van der Waals surface area contributed by atoms with E-state index in [-0.39, 0.29) is 29.0 Å². The van der Waals surface area contributed by atoms with Gasteiger partial charge in [-0.25, -0.2) is 9.18 Å². The van der Waals surface area contributed by atoms with Crippen LogP contribution in [0, 0.1) is 17.2 Å². The molecule has 28 heavy (non-hydrogen) atoms. The minimum Gasteiger partial charge on any atom is -0.492 e. The first-order valence-electron chi connectivity index (χ1n) is 9.71. The number of anilines is 1. The summed E-state index contributed by atoms with van der Waals surface area (Å²) in [7, 11) is 1.45. The van der Waals surface area contributed by atoms with E-state index in [2.05, 4.69) is 18.8 Å². The van der Waals surface area contributed by atoms with Crippen LogP contribution in [0.15, 0.2) is 15.8 Å². The number of methoxy groups -OCH3 is 1. The minimum atomic E-state index is -0.664. The van der Waals surface area contributed by atoms with Crippen LogP contribution in [-0.2, 0) is 0 Å². The number of rotatable bonds is 4. The molecule has 0 radical (unpaired) electrons. The number of ether oxygens (including phenoxy) is 1. The molecule has 2 atom stereocenters. The SMILES string of the molecule is COc1c(N2CC(C(C)N)C(C)(C)C2)c(F)cn2c(=O)[nH]c(=O)c(C3CC3)c12. The van der Waals surface area contributed by atoms with Crippen LogP contribution >= 0.6 is 0 Å². The van der Waals surface area contributed by atoms with E-state index in [0.717, 1.165) is 23.4 Å². The van der Waals surface area contributed by atoms with Crippen LogP contribution in [0.25, 0.3) is 5.52 Å². The quantitative estimate of drug-likeness (QED) is 0.831. The summed E-state index contributed by atoms with van der Waals surface area (Å²) < 4.78 is 22.0. The topological polar surface area (TPSA) is 92.8 Å². The fourth-order valence-electron chi connectivity index (χ4n) is 4.76. The van der Waals surface area contributed by atoms with E-state index >= 15 is 4.39 Å². The number of nitrogens with zero attached hydrogens (tertiary/aromatic N) is 2. The number of fused-ring (bicyclic) bond motifs is 1. The fraction of sp³-hybridized carbons (Fsp3) is 0.600. The number of aromatic amines is 1. The molecule has 8 heteroatoms. The Labute approximate surface area is 162 Å². The summed E-state index contributed by atoms with van der Waals surface area (Å²) in [5, 5.41) is 0. The molecule has 2 fully saturated rings. The Morgan fingerprint density at radius 2 is 2.04 bits per heavy atom. The predicted molar refractivity (Wildman–Crippen MR) is 106 cm³/mol. The number of hydrogen-bond acceptors (Lipinski definition) is 5. The van der Waals surface area contributed by atoms with Gasteiger partial charge in [0.25, 0.3) is 5.56 Å². The van der Waals surface area contributed by atoms with E-state index in [4.69, 9.17) is 10.5 Å². The van der Waals surface area contributed by atoms with Gasteiger partial charge in [0.05, 0.1) is 13.3 Å². The van der Waals surface area contributed by atoms with Crippen molar-refractivity contribution in [3.8, 4) is 5.75 Å². The monoisotopic (exact) mass is 390 g/mol. The molecular formula is C20H27FN4O3. The van der Waals surface area contributed by atoms with E-state index in [1.807, 2.05) is 11.8 Å². The van der Waals surface area contributed by atoms with E-state index in [1.165, 1.54) is 7.11 Å². The van der Waals surface area contributed by atoms with E-state index in [0.29, 0.717) is 29.9 Å². The number of hydrogen-bond donors (Lipinski definition) is 2. The third kappa shape index (κ3) is 2.82. The van der Waals surface area contributed by atoms with Crippen molar-refractivity contribution in [3.05, 3.63) is 38.4 Å². The van der Waals surface area contributed by atoms with Crippen LogP contribution in [0.2, 0.25) is 0 Å². The first kappa shape index (κ1) is 19.0. The van der Waals surface area contributed by atoms with Gasteiger partial charge in [-0.1, -0.05) is 13.8 Å². The van der Waals surface area contributed by atoms with Crippen molar-refractivity contribution in [2.24, 2.45) is 17.1 Å². The van der Waals surface area contributed by atoms with Crippen molar-refractivity contribution >= 4 is 11.2 Å². The second-order valence-corrected chi connectivity index (χ2v) is 8.86. The normalized spacial score (nSPS) is 22.6. The van der Waals surface area contributed by atoms with Crippen molar-refractivity contribution in [1.82, 2.24) is 9.38 Å². The summed E-state index contributed by atoms with van der Waals surface area (Å²) in [6, 6.07) is -0.0398. The third-order valence-corrected chi connectivity index (χ3v) is 6.24. The fourth-order valence-corrected chi connectivity index (χ4v) is 4.76. The highest BCUT2D eigenvalue weighted by atomic mass is 19.1. The Kier molecular flexibility index (Phi) is 4.30. The first-order valence-corrected chi connectivity index (χ1v) is 9.71. The van der Waals surface area contributed by atoms with Crippen molar-refractivity contribution in [2.75, 3.05) is 25.1 Å². The highest BCUT2D eigenvalue weighted by Crippen LogP contribution is 2.47. The summed E-state index contributed by atoms with van der Waals surface area (Å²) in [4.78, 5) is 29.1. The highest BCUT2D eigenvalue weighted by Gasteiger charge is 2.43. The molecule has 1 aliphatic heterocycles. The van der Waals surface area contributed by atoms with Crippen LogP contribution in [0.5, 0.6) is 5.75 Å². The van der Waals surface area contributed by atoms with E-state index < -0.39 is 17.1 Å². The lowest BCUT2D eigenvalue weighted by Gasteiger charge is -2.28. The van der Waals surface area contributed by atoms with E-state index in [9.17, 15) is 9.59 Å². The standard InChI is InChI=1S/C20H27FN4O3/c1-10(22)12-7-24(9-20(12,2)3)15-13(21)8-25-16(17(15)28-4)14(11-5-6-11)18(26)23-19(25)27/h8,10-12H,5-7,9,22H2,1-4H3,(H,23,26,27). The molecule has 0 amide bonds. The summed E-state index contributed by atoms with van der Waals surface area (Å²) in [6.45, 7) is 7.40. The zero-order chi connectivity index (χ0) is 20.4. The van der Waals surface area contributed by atoms with Gasteiger partial charge in [-0.05, 0) is 37.0 Å². The molecule has 2 aromatic rings. The van der Waals surface area contributed by atoms with Crippen LogP contribution in [0.4, 0.5) is 10.1 Å². The van der Waals surface area contributed by atoms with Gasteiger partial charge in [-0.3, -0.25) is 14.2 Å².